The molecule has 0 amide bonds. The van der Waals surface area contributed by atoms with Crippen LogP contribution in [0.4, 0.5) is 10.1 Å². The van der Waals surface area contributed by atoms with E-state index in [9.17, 15) is 14.0 Å². The summed E-state index contributed by atoms with van der Waals surface area (Å²) in [6.07, 6.45) is 3.28. The normalized spacial score (nSPS) is 21.1. The fourth-order valence-electron chi connectivity index (χ4n) is 3.50. The molecule has 1 aliphatic heterocycles. The number of aromatic amines is 1. The van der Waals surface area contributed by atoms with Crippen molar-refractivity contribution in [3.8, 4) is 0 Å². The smallest absolute Gasteiger partial charge is 0.341 e. The number of rotatable bonds is 2. The second kappa shape index (κ2) is 5.46. The summed E-state index contributed by atoms with van der Waals surface area (Å²) in [7, 11) is 0. The number of aromatic carboxylic acids is 1. The maximum absolute atomic E-state index is 14.5. The van der Waals surface area contributed by atoms with Crippen molar-refractivity contribution in [2.24, 2.45) is 11.1 Å². The molecule has 2 aliphatic rings. The Morgan fingerprint density at radius 3 is 2.71 bits per heavy atom. The standard InChI is InChI=1S/C16H16FN3O3.ClH/c17-10-3-8-11(19-5-9(14(8)21)15(22)23)4-12(10)20-6-13(18)16(7-20)1-2-16;/h3-5,13H,1-2,6-7,18H2,(H,19,21)(H,22,23);1H/t13-;/m1./s1. The third-order valence-corrected chi connectivity index (χ3v) is 5.12. The first kappa shape index (κ1) is 16.7. The largest absolute Gasteiger partial charge is 0.477 e. The maximum atomic E-state index is 14.5. The molecule has 1 atom stereocenters. The predicted octanol–water partition coefficient (Wildman–Crippen LogP) is 1.71. The summed E-state index contributed by atoms with van der Waals surface area (Å²) < 4.78 is 14.5. The highest BCUT2D eigenvalue weighted by atomic mass is 35.5. The first-order valence-corrected chi connectivity index (χ1v) is 7.50. The number of H-pyrrole nitrogens is 1. The Balaban J connectivity index is 0.00000169. The number of halogens is 2. The van der Waals surface area contributed by atoms with Gasteiger partial charge in [0.25, 0.3) is 0 Å². The fourth-order valence-corrected chi connectivity index (χ4v) is 3.50. The molecule has 6 nitrogen and oxygen atoms in total. The van der Waals surface area contributed by atoms with E-state index in [1.165, 1.54) is 0 Å². The molecule has 1 spiro atoms. The summed E-state index contributed by atoms with van der Waals surface area (Å²) in [6, 6.07) is 2.71. The van der Waals surface area contributed by atoms with Crippen LogP contribution in [0.1, 0.15) is 23.2 Å². The minimum atomic E-state index is -1.33. The third kappa shape index (κ3) is 2.35. The monoisotopic (exact) mass is 353 g/mol. The molecule has 2 fully saturated rings. The van der Waals surface area contributed by atoms with E-state index in [0.29, 0.717) is 24.3 Å². The average molecular weight is 354 g/mol. The van der Waals surface area contributed by atoms with Gasteiger partial charge in [0, 0.05) is 36.1 Å². The number of carboxylic acids is 1. The van der Waals surface area contributed by atoms with E-state index in [2.05, 4.69) is 4.98 Å². The molecule has 1 aromatic carbocycles. The Labute approximate surface area is 142 Å². The van der Waals surface area contributed by atoms with Crippen LogP contribution in [0.25, 0.3) is 10.9 Å². The SMILES string of the molecule is Cl.N[C@@H]1CN(c2cc3[nH]cc(C(=O)O)c(=O)c3cc2F)CC12CC2. The number of benzene rings is 1. The van der Waals surface area contributed by atoms with Gasteiger partial charge in [-0.25, -0.2) is 9.18 Å². The first-order chi connectivity index (χ1) is 10.9. The van der Waals surface area contributed by atoms with Crippen LogP contribution in [0.15, 0.2) is 23.1 Å². The number of pyridine rings is 1. The van der Waals surface area contributed by atoms with Crippen LogP contribution in [0.5, 0.6) is 0 Å². The maximum Gasteiger partial charge on any atom is 0.341 e. The van der Waals surface area contributed by atoms with Gasteiger partial charge in [-0.05, 0) is 25.0 Å². The van der Waals surface area contributed by atoms with Gasteiger partial charge in [0.15, 0.2) is 0 Å². The van der Waals surface area contributed by atoms with Crippen LogP contribution in [-0.4, -0.2) is 35.2 Å². The van der Waals surface area contributed by atoms with Gasteiger partial charge >= 0.3 is 5.97 Å². The average Bonchev–Trinajstić information content (AvgIpc) is 3.20. The molecule has 8 heteroatoms. The van der Waals surface area contributed by atoms with Gasteiger partial charge in [-0.1, -0.05) is 0 Å². The quantitative estimate of drug-likeness (QED) is 0.763. The van der Waals surface area contributed by atoms with Crippen molar-refractivity contribution in [2.75, 3.05) is 18.0 Å². The summed E-state index contributed by atoms with van der Waals surface area (Å²) in [6.45, 7) is 1.30. The third-order valence-electron chi connectivity index (χ3n) is 5.12. The van der Waals surface area contributed by atoms with Gasteiger partial charge in [-0.2, -0.15) is 0 Å². The topological polar surface area (TPSA) is 99.4 Å². The van der Waals surface area contributed by atoms with Crippen LogP contribution in [-0.2, 0) is 0 Å². The number of anilines is 1. The lowest BCUT2D eigenvalue weighted by atomic mass is 10.0. The van der Waals surface area contributed by atoms with E-state index in [4.69, 9.17) is 10.8 Å². The van der Waals surface area contributed by atoms with Gasteiger partial charge in [-0.3, -0.25) is 4.79 Å². The van der Waals surface area contributed by atoms with E-state index < -0.39 is 22.8 Å². The molecule has 0 unspecified atom stereocenters. The molecule has 4 N–H and O–H groups in total. The van der Waals surface area contributed by atoms with Crippen LogP contribution < -0.4 is 16.1 Å². The van der Waals surface area contributed by atoms with Crippen LogP contribution in [0, 0.1) is 11.2 Å². The highest BCUT2D eigenvalue weighted by Crippen LogP contribution is 2.52. The van der Waals surface area contributed by atoms with Gasteiger partial charge in [0.1, 0.15) is 11.4 Å². The molecule has 2 aromatic rings. The lowest BCUT2D eigenvalue weighted by Crippen LogP contribution is -2.30. The van der Waals surface area contributed by atoms with Gasteiger partial charge < -0.3 is 20.7 Å². The molecule has 1 saturated carbocycles. The van der Waals surface area contributed by atoms with Crippen LogP contribution in [0.3, 0.4) is 0 Å². The molecular formula is C16H17ClFN3O3. The number of hydrogen-bond acceptors (Lipinski definition) is 4. The first-order valence-electron chi connectivity index (χ1n) is 7.50. The lowest BCUT2D eigenvalue weighted by Gasteiger charge is -2.19. The van der Waals surface area contributed by atoms with E-state index in [0.717, 1.165) is 25.1 Å². The Morgan fingerprint density at radius 2 is 2.12 bits per heavy atom. The summed E-state index contributed by atoms with van der Waals surface area (Å²) in [4.78, 5) is 27.8. The second-order valence-corrected chi connectivity index (χ2v) is 6.54. The minimum absolute atomic E-state index is 0. The zero-order valence-corrected chi connectivity index (χ0v) is 13.5. The molecule has 1 saturated heterocycles. The molecule has 0 radical (unpaired) electrons. The van der Waals surface area contributed by atoms with Gasteiger partial charge in [-0.15, -0.1) is 12.4 Å². The zero-order valence-electron chi connectivity index (χ0n) is 12.7. The molecule has 24 heavy (non-hydrogen) atoms. The van der Waals surface area contributed by atoms with Gasteiger partial charge in [0.05, 0.1) is 11.2 Å². The second-order valence-electron chi connectivity index (χ2n) is 6.54. The van der Waals surface area contributed by atoms with Crippen molar-refractivity contribution in [3.63, 3.8) is 0 Å². The highest BCUT2D eigenvalue weighted by molar-refractivity contribution is 5.93. The number of fused-ring (bicyclic) bond motifs is 1. The van der Waals surface area contributed by atoms with Crippen molar-refractivity contribution in [1.82, 2.24) is 4.98 Å². The number of nitrogens with one attached hydrogen (secondary N) is 1. The van der Waals surface area contributed by atoms with Crippen molar-refractivity contribution >= 4 is 35.0 Å². The molecule has 0 bridgehead atoms. The zero-order chi connectivity index (χ0) is 16.4. The van der Waals surface area contributed by atoms with E-state index in [-0.39, 0.29) is 29.3 Å². The fraction of sp³-hybridized carbons (Fsp3) is 0.375. The Morgan fingerprint density at radius 1 is 1.42 bits per heavy atom. The molecule has 128 valence electrons. The van der Waals surface area contributed by atoms with E-state index >= 15 is 0 Å². The van der Waals surface area contributed by atoms with E-state index in [1.54, 1.807) is 6.07 Å². The Kier molecular flexibility index (Phi) is 3.80. The predicted molar refractivity (Wildman–Crippen MR) is 90.6 cm³/mol. The molecule has 2 heterocycles. The number of hydrogen-bond donors (Lipinski definition) is 3. The van der Waals surface area contributed by atoms with E-state index in [1.807, 2.05) is 4.90 Å². The summed E-state index contributed by atoms with van der Waals surface area (Å²) in [5.74, 6) is -1.87. The molecule has 1 aromatic heterocycles. The van der Waals surface area contributed by atoms with Crippen molar-refractivity contribution in [1.29, 1.82) is 0 Å². The molecule has 1 aliphatic carbocycles. The number of nitrogens with zero attached hydrogens (tertiary/aromatic N) is 1. The number of carboxylic acid groups (broad SMARTS) is 1. The number of aromatic nitrogens is 1. The summed E-state index contributed by atoms with van der Waals surface area (Å²) in [5, 5.41) is 9.02. The van der Waals surface area contributed by atoms with Crippen LogP contribution in [0.2, 0.25) is 0 Å². The molecule has 4 rings (SSSR count). The minimum Gasteiger partial charge on any atom is -0.477 e. The highest BCUT2D eigenvalue weighted by Gasteiger charge is 2.53. The Bertz CT molecular complexity index is 894. The van der Waals surface area contributed by atoms with Gasteiger partial charge in [0.2, 0.25) is 5.43 Å². The Hall–Kier alpha value is -2.12. The summed E-state index contributed by atoms with van der Waals surface area (Å²) in [5.41, 5.74) is 6.00. The lowest BCUT2D eigenvalue weighted by molar-refractivity contribution is 0.0695. The van der Waals surface area contributed by atoms with Crippen molar-refractivity contribution < 1.29 is 14.3 Å². The molecular weight excluding hydrogens is 337 g/mol. The summed E-state index contributed by atoms with van der Waals surface area (Å²) >= 11 is 0. The van der Waals surface area contributed by atoms with Crippen molar-refractivity contribution in [2.45, 2.75) is 18.9 Å². The number of nitrogens with two attached hydrogens (primary N) is 1. The van der Waals surface area contributed by atoms with Crippen molar-refractivity contribution in [3.05, 3.63) is 39.9 Å². The van der Waals surface area contributed by atoms with Crippen LogP contribution >= 0.6 is 12.4 Å². The number of carbonyl (C=O) groups is 1.